The van der Waals surface area contributed by atoms with Crippen molar-refractivity contribution in [3.8, 4) is 11.1 Å². The second-order valence-corrected chi connectivity index (χ2v) is 4.48. The smallest absolute Gasteiger partial charge is 0.266 e. The number of hydrogen-bond donors (Lipinski definition) is 1. The number of rotatable bonds is 2. The van der Waals surface area contributed by atoms with Gasteiger partial charge in [0.05, 0.1) is 11.3 Å². The van der Waals surface area contributed by atoms with Crippen molar-refractivity contribution in [3.05, 3.63) is 47.5 Å². The average Bonchev–Trinajstić information content (AvgIpc) is 2.80. The van der Waals surface area contributed by atoms with E-state index in [0.29, 0.717) is 16.6 Å². The monoisotopic (exact) mass is 277 g/mol. The highest BCUT2D eigenvalue weighted by Gasteiger charge is 2.15. The van der Waals surface area contributed by atoms with Crippen molar-refractivity contribution in [2.75, 3.05) is 0 Å². The first-order valence-electron chi connectivity index (χ1n) is 5.95. The predicted octanol–water partition coefficient (Wildman–Crippen LogP) is 4.01. The summed E-state index contributed by atoms with van der Waals surface area (Å²) < 4.78 is 38.7. The van der Waals surface area contributed by atoms with Gasteiger partial charge in [-0.3, -0.25) is 10.1 Å². The maximum Gasteiger partial charge on any atom is 0.266 e. The van der Waals surface area contributed by atoms with Crippen molar-refractivity contribution in [1.29, 1.82) is 0 Å². The third-order valence-electron chi connectivity index (χ3n) is 3.13. The molecule has 0 unspecified atom stereocenters. The Labute approximate surface area is 112 Å². The highest BCUT2D eigenvalue weighted by Crippen LogP contribution is 2.29. The normalized spacial score (nSPS) is 11.4. The van der Waals surface area contributed by atoms with Crippen LogP contribution < -0.4 is 0 Å². The molecule has 0 saturated carbocycles. The fraction of sp³-hybridized carbons (Fsp3) is 0.143. The van der Waals surface area contributed by atoms with Crippen LogP contribution in [0.5, 0.6) is 0 Å². The molecule has 1 N–H and O–H groups in total. The van der Waals surface area contributed by atoms with E-state index in [2.05, 4.69) is 15.2 Å². The van der Waals surface area contributed by atoms with Crippen molar-refractivity contribution in [3.63, 3.8) is 0 Å². The van der Waals surface area contributed by atoms with Crippen LogP contribution in [0.2, 0.25) is 0 Å². The first-order valence-corrected chi connectivity index (χ1v) is 5.95. The molecular formula is C14H10F3N3. The number of nitrogens with one attached hydrogen (secondary N) is 1. The Morgan fingerprint density at radius 3 is 2.70 bits per heavy atom. The lowest BCUT2D eigenvalue weighted by atomic mass is 10.0. The quantitative estimate of drug-likeness (QED) is 0.769. The summed E-state index contributed by atoms with van der Waals surface area (Å²) in [5.74, 6) is -0.909. The third kappa shape index (κ3) is 2.03. The van der Waals surface area contributed by atoms with Crippen molar-refractivity contribution in [1.82, 2.24) is 15.2 Å². The Balaban J connectivity index is 2.12. The largest absolute Gasteiger partial charge is 0.280 e. The minimum absolute atomic E-state index is 0.483. The van der Waals surface area contributed by atoms with Crippen LogP contribution in [-0.2, 0) is 0 Å². The minimum Gasteiger partial charge on any atom is -0.280 e. The van der Waals surface area contributed by atoms with E-state index in [4.69, 9.17) is 0 Å². The molecule has 0 spiro atoms. The zero-order valence-electron chi connectivity index (χ0n) is 10.5. The summed E-state index contributed by atoms with van der Waals surface area (Å²) in [5, 5.41) is 6.87. The van der Waals surface area contributed by atoms with Crippen molar-refractivity contribution in [2.45, 2.75) is 13.3 Å². The fourth-order valence-corrected chi connectivity index (χ4v) is 2.07. The molecular weight excluding hydrogens is 267 g/mol. The standard InChI is InChI=1S/C14H10F3N3/c1-7-13-12(20-19-7)5-9(6-18-13)8-2-3-11(15)10(4-8)14(16)17/h2-6,14H,1H3,(H,19,20). The van der Waals surface area contributed by atoms with E-state index in [9.17, 15) is 13.2 Å². The van der Waals surface area contributed by atoms with Gasteiger partial charge in [0.15, 0.2) is 0 Å². The van der Waals surface area contributed by atoms with Crippen molar-refractivity contribution >= 4 is 11.0 Å². The zero-order valence-corrected chi connectivity index (χ0v) is 10.5. The van der Waals surface area contributed by atoms with Crippen molar-refractivity contribution < 1.29 is 13.2 Å². The number of benzene rings is 1. The van der Waals surface area contributed by atoms with Crippen LogP contribution in [0.4, 0.5) is 13.2 Å². The molecule has 3 aromatic rings. The maximum absolute atomic E-state index is 13.3. The summed E-state index contributed by atoms with van der Waals surface area (Å²) in [6.07, 6.45) is -1.29. The number of hydrogen-bond acceptors (Lipinski definition) is 2. The first kappa shape index (κ1) is 12.7. The lowest BCUT2D eigenvalue weighted by Crippen LogP contribution is -1.92. The van der Waals surface area contributed by atoms with Crippen LogP contribution in [0.3, 0.4) is 0 Å². The van der Waals surface area contributed by atoms with E-state index in [-0.39, 0.29) is 0 Å². The maximum atomic E-state index is 13.3. The molecule has 0 bridgehead atoms. The number of nitrogens with zero attached hydrogens (tertiary/aromatic N) is 2. The summed E-state index contributed by atoms with van der Waals surface area (Å²) >= 11 is 0. The molecule has 0 saturated heterocycles. The second kappa shape index (κ2) is 4.63. The number of aryl methyl sites for hydroxylation is 1. The Bertz CT molecular complexity index is 780. The Morgan fingerprint density at radius 1 is 1.15 bits per heavy atom. The summed E-state index contributed by atoms with van der Waals surface area (Å²) in [6, 6.07) is 5.36. The van der Waals surface area contributed by atoms with Gasteiger partial charge in [0.1, 0.15) is 16.9 Å². The first-order chi connectivity index (χ1) is 9.56. The molecule has 20 heavy (non-hydrogen) atoms. The van der Waals surface area contributed by atoms with Crippen LogP contribution in [0, 0.1) is 12.7 Å². The molecule has 2 aromatic heterocycles. The lowest BCUT2D eigenvalue weighted by Gasteiger charge is -2.06. The van der Waals surface area contributed by atoms with Crippen LogP contribution in [-0.4, -0.2) is 15.2 Å². The van der Waals surface area contributed by atoms with E-state index >= 15 is 0 Å². The van der Waals surface area contributed by atoms with Gasteiger partial charge in [0.2, 0.25) is 0 Å². The van der Waals surface area contributed by atoms with Crippen LogP contribution >= 0.6 is 0 Å². The SMILES string of the molecule is Cc1[nH]nc2cc(-c3ccc(F)c(C(F)F)c3)cnc12. The number of pyridine rings is 1. The van der Waals surface area contributed by atoms with E-state index < -0.39 is 17.8 Å². The molecule has 2 heterocycles. The molecule has 0 aliphatic heterocycles. The van der Waals surface area contributed by atoms with Gasteiger partial charge in [0.25, 0.3) is 6.43 Å². The van der Waals surface area contributed by atoms with Gasteiger partial charge in [0, 0.05) is 11.8 Å². The van der Waals surface area contributed by atoms with Crippen LogP contribution in [0.25, 0.3) is 22.2 Å². The summed E-state index contributed by atoms with van der Waals surface area (Å²) in [5.41, 5.74) is 2.69. The molecule has 0 aliphatic rings. The molecule has 0 aliphatic carbocycles. The number of aromatic nitrogens is 3. The van der Waals surface area contributed by atoms with E-state index in [1.54, 1.807) is 12.3 Å². The molecule has 0 atom stereocenters. The second-order valence-electron chi connectivity index (χ2n) is 4.48. The topological polar surface area (TPSA) is 41.6 Å². The molecule has 0 fully saturated rings. The van der Waals surface area contributed by atoms with Gasteiger partial charge in [-0.2, -0.15) is 5.10 Å². The summed E-state index contributed by atoms with van der Waals surface area (Å²) in [4.78, 5) is 4.24. The molecule has 102 valence electrons. The molecule has 3 nitrogen and oxygen atoms in total. The summed E-state index contributed by atoms with van der Waals surface area (Å²) in [7, 11) is 0. The number of halogens is 3. The van der Waals surface area contributed by atoms with E-state index in [0.717, 1.165) is 23.3 Å². The Morgan fingerprint density at radius 2 is 1.95 bits per heavy atom. The van der Waals surface area contributed by atoms with Gasteiger partial charge in [-0.05, 0) is 30.7 Å². The van der Waals surface area contributed by atoms with E-state index in [1.165, 1.54) is 6.07 Å². The van der Waals surface area contributed by atoms with Gasteiger partial charge >= 0.3 is 0 Å². The highest BCUT2D eigenvalue weighted by molar-refractivity contribution is 5.81. The number of alkyl halides is 2. The molecule has 0 amide bonds. The Hall–Kier alpha value is -2.37. The van der Waals surface area contributed by atoms with Crippen LogP contribution in [0.1, 0.15) is 17.7 Å². The molecule has 1 aromatic carbocycles. The number of aromatic amines is 1. The minimum atomic E-state index is -2.85. The third-order valence-corrected chi connectivity index (χ3v) is 3.13. The fourth-order valence-electron chi connectivity index (χ4n) is 2.07. The molecule has 3 rings (SSSR count). The van der Waals surface area contributed by atoms with Crippen LogP contribution in [0.15, 0.2) is 30.5 Å². The van der Waals surface area contributed by atoms with Gasteiger partial charge in [-0.25, -0.2) is 13.2 Å². The highest BCUT2D eigenvalue weighted by atomic mass is 19.3. The van der Waals surface area contributed by atoms with Gasteiger partial charge < -0.3 is 0 Å². The predicted molar refractivity (Wildman–Crippen MR) is 69.0 cm³/mol. The lowest BCUT2D eigenvalue weighted by molar-refractivity contribution is 0.146. The average molecular weight is 277 g/mol. The van der Waals surface area contributed by atoms with Gasteiger partial charge in [-0.1, -0.05) is 6.07 Å². The summed E-state index contributed by atoms with van der Waals surface area (Å²) in [6.45, 7) is 1.84. The van der Waals surface area contributed by atoms with Gasteiger partial charge in [-0.15, -0.1) is 0 Å². The zero-order chi connectivity index (χ0) is 14.3. The molecule has 6 heteroatoms. The van der Waals surface area contributed by atoms with Crippen molar-refractivity contribution in [2.24, 2.45) is 0 Å². The Kier molecular flexibility index (Phi) is 2.93. The number of fused-ring (bicyclic) bond motifs is 1. The number of H-pyrrole nitrogens is 1. The molecule has 0 radical (unpaired) electrons. The van der Waals surface area contributed by atoms with E-state index in [1.807, 2.05) is 6.92 Å².